The van der Waals surface area contributed by atoms with Gasteiger partial charge in [0.25, 0.3) is 0 Å². The van der Waals surface area contributed by atoms with Gasteiger partial charge in [0.15, 0.2) is 0 Å². The number of fused-ring (bicyclic) bond motifs is 3. The molecule has 0 aliphatic carbocycles. The Morgan fingerprint density at radius 3 is 2.03 bits per heavy atom. The van der Waals surface area contributed by atoms with E-state index in [0.717, 1.165) is 21.8 Å². The van der Waals surface area contributed by atoms with Crippen LogP contribution in [0.2, 0.25) is 0 Å². The minimum absolute atomic E-state index is 0.0389. The number of pyridine rings is 1. The number of nitrogens with two attached hydrogens (primary N) is 1. The maximum atomic E-state index is 14.0. The van der Waals surface area contributed by atoms with Crippen LogP contribution in [0.5, 0.6) is 0 Å². The SMILES string of the molecule is CCC(Sc1nc(N)c(C#N)c(-c2ccccc2)c1C#N)C(=O)n1c2ccccc2c2ccccc21. The minimum Gasteiger partial charge on any atom is -0.383 e. The van der Waals surface area contributed by atoms with Crippen molar-refractivity contribution in [1.29, 1.82) is 10.5 Å². The molecule has 3 aromatic carbocycles. The quantitative estimate of drug-likeness (QED) is 0.288. The van der Waals surface area contributed by atoms with Crippen LogP contribution in [0.4, 0.5) is 5.82 Å². The average Bonchev–Trinajstić information content (AvgIpc) is 3.26. The number of carbonyl (C=O) groups excluding carboxylic acids is 1. The number of carbonyl (C=O) groups is 1. The number of hydrogen-bond donors (Lipinski definition) is 1. The van der Waals surface area contributed by atoms with Crippen molar-refractivity contribution in [3.05, 3.63) is 90.0 Å². The molecule has 6 nitrogen and oxygen atoms in total. The van der Waals surface area contributed by atoms with Gasteiger partial charge in [0.2, 0.25) is 5.91 Å². The molecule has 0 radical (unpaired) electrons. The molecular weight excluding hydrogens is 466 g/mol. The van der Waals surface area contributed by atoms with E-state index in [1.807, 2.05) is 85.8 Å². The van der Waals surface area contributed by atoms with Crippen LogP contribution in [0.1, 0.15) is 29.3 Å². The lowest BCUT2D eigenvalue weighted by Gasteiger charge is -2.18. The second-order valence-corrected chi connectivity index (χ2v) is 9.43. The molecule has 2 heterocycles. The molecule has 0 amide bonds. The van der Waals surface area contributed by atoms with Crippen LogP contribution in [0.15, 0.2) is 83.9 Å². The Morgan fingerprint density at radius 1 is 0.917 bits per heavy atom. The number of aromatic nitrogens is 2. The molecule has 36 heavy (non-hydrogen) atoms. The Balaban J connectivity index is 1.64. The van der Waals surface area contributed by atoms with Crippen molar-refractivity contribution < 1.29 is 4.79 Å². The first kappa shape index (κ1) is 23.2. The molecule has 5 rings (SSSR count). The van der Waals surface area contributed by atoms with E-state index in [-0.39, 0.29) is 22.9 Å². The van der Waals surface area contributed by atoms with Gasteiger partial charge in [-0.3, -0.25) is 9.36 Å². The number of benzene rings is 3. The van der Waals surface area contributed by atoms with Crippen LogP contribution >= 0.6 is 11.8 Å². The van der Waals surface area contributed by atoms with Crippen LogP contribution in [-0.2, 0) is 0 Å². The maximum Gasteiger partial charge on any atom is 0.245 e. The van der Waals surface area contributed by atoms with Gasteiger partial charge in [-0.1, -0.05) is 85.4 Å². The van der Waals surface area contributed by atoms with Gasteiger partial charge in [-0.15, -0.1) is 0 Å². The van der Waals surface area contributed by atoms with E-state index >= 15 is 0 Å². The number of anilines is 1. The summed E-state index contributed by atoms with van der Waals surface area (Å²) in [6.45, 7) is 1.93. The zero-order valence-corrected chi connectivity index (χ0v) is 20.3. The highest BCUT2D eigenvalue weighted by Gasteiger charge is 2.28. The Bertz CT molecular complexity index is 1660. The van der Waals surface area contributed by atoms with Gasteiger partial charge in [-0.25, -0.2) is 4.98 Å². The molecule has 0 aliphatic heterocycles. The molecule has 7 heteroatoms. The molecule has 0 aliphatic rings. The lowest BCUT2D eigenvalue weighted by Crippen LogP contribution is -2.24. The molecule has 2 aromatic heterocycles. The van der Waals surface area contributed by atoms with Crippen LogP contribution in [0, 0.1) is 22.7 Å². The van der Waals surface area contributed by atoms with Gasteiger partial charge < -0.3 is 5.73 Å². The van der Waals surface area contributed by atoms with E-state index in [4.69, 9.17) is 5.73 Å². The first-order chi connectivity index (χ1) is 17.6. The average molecular weight is 488 g/mol. The smallest absolute Gasteiger partial charge is 0.245 e. The van der Waals surface area contributed by atoms with E-state index in [1.165, 1.54) is 11.8 Å². The summed E-state index contributed by atoms with van der Waals surface area (Å²) < 4.78 is 1.75. The Morgan fingerprint density at radius 2 is 1.47 bits per heavy atom. The first-order valence-electron chi connectivity index (χ1n) is 11.5. The van der Waals surface area contributed by atoms with Crippen molar-refractivity contribution in [1.82, 2.24) is 9.55 Å². The highest BCUT2D eigenvalue weighted by molar-refractivity contribution is 8.00. The summed E-state index contributed by atoms with van der Waals surface area (Å²) in [4.78, 5) is 18.4. The summed E-state index contributed by atoms with van der Waals surface area (Å²) in [7, 11) is 0. The topological polar surface area (TPSA) is 108 Å². The first-order valence-corrected chi connectivity index (χ1v) is 12.3. The second-order valence-electron chi connectivity index (χ2n) is 8.24. The summed E-state index contributed by atoms with van der Waals surface area (Å²) >= 11 is 1.21. The standard InChI is InChI=1S/C29H21N5OS/c1-2-25(29(35)34-23-14-8-6-12-19(23)20-13-7-9-15-24(20)34)36-28-22(17-31)26(18-10-4-3-5-11-18)21(16-30)27(32)33-28/h3-15,25H,2H2,1H3,(H2,32,33). The Hall–Kier alpha value is -4.59. The summed E-state index contributed by atoms with van der Waals surface area (Å²) in [5.41, 5.74) is 9.39. The van der Waals surface area contributed by atoms with Crippen molar-refractivity contribution >= 4 is 45.3 Å². The van der Waals surface area contributed by atoms with E-state index in [1.54, 1.807) is 4.57 Å². The van der Waals surface area contributed by atoms with Crippen molar-refractivity contribution in [3.8, 4) is 23.3 Å². The number of hydrogen-bond acceptors (Lipinski definition) is 6. The van der Waals surface area contributed by atoms with Gasteiger partial charge in [0, 0.05) is 16.3 Å². The van der Waals surface area contributed by atoms with Crippen LogP contribution < -0.4 is 5.73 Å². The molecule has 174 valence electrons. The third-order valence-corrected chi connectivity index (χ3v) is 7.52. The number of rotatable bonds is 5. The van der Waals surface area contributed by atoms with E-state index in [9.17, 15) is 15.3 Å². The molecule has 0 saturated carbocycles. The van der Waals surface area contributed by atoms with E-state index < -0.39 is 5.25 Å². The predicted octanol–water partition coefficient (Wildman–Crippen LogP) is 6.39. The molecule has 1 unspecified atom stereocenters. The molecule has 0 saturated heterocycles. The van der Waals surface area contributed by atoms with E-state index in [2.05, 4.69) is 17.1 Å². The van der Waals surface area contributed by atoms with Crippen molar-refractivity contribution in [2.24, 2.45) is 0 Å². The van der Waals surface area contributed by atoms with Gasteiger partial charge in [-0.05, 0) is 24.1 Å². The lowest BCUT2D eigenvalue weighted by molar-refractivity contribution is 0.0919. The highest BCUT2D eigenvalue weighted by atomic mass is 32.2. The molecule has 0 fully saturated rings. The third-order valence-electron chi connectivity index (χ3n) is 6.18. The van der Waals surface area contributed by atoms with Crippen LogP contribution in [0.3, 0.4) is 0 Å². The van der Waals surface area contributed by atoms with Gasteiger partial charge in [-0.2, -0.15) is 10.5 Å². The number of nitrogens with zero attached hydrogens (tertiary/aromatic N) is 4. The molecular formula is C29H21N5OS. The largest absolute Gasteiger partial charge is 0.383 e. The highest BCUT2D eigenvalue weighted by Crippen LogP contribution is 2.38. The number of nitrogen functional groups attached to an aromatic ring is 1. The number of nitriles is 2. The fraction of sp³-hybridized carbons (Fsp3) is 0.103. The zero-order valence-electron chi connectivity index (χ0n) is 19.5. The van der Waals surface area contributed by atoms with Crippen molar-refractivity contribution in [2.45, 2.75) is 23.6 Å². The van der Waals surface area contributed by atoms with Crippen molar-refractivity contribution in [3.63, 3.8) is 0 Å². The molecule has 0 spiro atoms. The fourth-order valence-corrected chi connectivity index (χ4v) is 5.58. The Labute approximate surface area is 212 Å². The summed E-state index contributed by atoms with van der Waals surface area (Å²) in [5, 5.41) is 21.7. The van der Waals surface area contributed by atoms with Gasteiger partial charge in [0.1, 0.15) is 28.5 Å². The summed E-state index contributed by atoms with van der Waals surface area (Å²) in [6.07, 6.45) is 0.511. The minimum atomic E-state index is -0.528. The molecule has 0 bridgehead atoms. The second kappa shape index (κ2) is 9.58. The molecule has 1 atom stereocenters. The molecule has 5 aromatic rings. The normalized spacial score (nSPS) is 11.8. The fourth-order valence-electron chi connectivity index (χ4n) is 4.52. The third kappa shape index (κ3) is 3.76. The molecule has 2 N–H and O–H groups in total. The Kier molecular flexibility index (Phi) is 6.16. The van der Waals surface area contributed by atoms with Crippen LogP contribution in [-0.4, -0.2) is 20.7 Å². The monoisotopic (exact) mass is 487 g/mol. The predicted molar refractivity (Wildman–Crippen MR) is 144 cm³/mol. The number of thioether (sulfide) groups is 1. The summed E-state index contributed by atoms with van der Waals surface area (Å²) in [5.74, 6) is -0.0631. The van der Waals surface area contributed by atoms with Gasteiger partial charge >= 0.3 is 0 Å². The lowest BCUT2D eigenvalue weighted by atomic mass is 9.97. The maximum absolute atomic E-state index is 14.0. The zero-order chi connectivity index (χ0) is 25.2. The van der Waals surface area contributed by atoms with Crippen molar-refractivity contribution in [2.75, 3.05) is 5.73 Å². The van der Waals surface area contributed by atoms with Crippen LogP contribution in [0.25, 0.3) is 32.9 Å². The number of para-hydroxylation sites is 2. The van der Waals surface area contributed by atoms with E-state index in [0.29, 0.717) is 22.6 Å². The summed E-state index contributed by atoms with van der Waals surface area (Å²) in [6, 6.07) is 29.2. The van der Waals surface area contributed by atoms with Gasteiger partial charge in [0.05, 0.1) is 21.8 Å².